The molecule has 0 aliphatic rings. The maximum Gasteiger partial charge on any atom is 0.264 e. The Morgan fingerprint density at radius 1 is 0.970 bits per heavy atom. The SMILES string of the molecule is COc1ccc(C)cc1N(CC(=O)N/N=C(/C)c1ccc(C)cc1)S(=O)(=O)c1ccccc1. The fraction of sp³-hybridized carbons (Fsp3) is 0.200. The fourth-order valence-electron chi connectivity index (χ4n) is 3.19. The lowest BCUT2D eigenvalue weighted by Crippen LogP contribution is -2.40. The largest absolute Gasteiger partial charge is 0.495 e. The molecule has 3 aromatic carbocycles. The van der Waals surface area contributed by atoms with Crippen molar-refractivity contribution in [3.05, 3.63) is 89.5 Å². The van der Waals surface area contributed by atoms with Gasteiger partial charge in [0.25, 0.3) is 15.9 Å². The molecule has 0 spiro atoms. The van der Waals surface area contributed by atoms with Gasteiger partial charge in [0.1, 0.15) is 12.3 Å². The number of hydrogen-bond acceptors (Lipinski definition) is 5. The van der Waals surface area contributed by atoms with E-state index in [2.05, 4.69) is 10.5 Å². The molecule has 8 heteroatoms. The lowest BCUT2D eigenvalue weighted by Gasteiger charge is -2.25. The number of hydrogen-bond donors (Lipinski definition) is 1. The van der Waals surface area contributed by atoms with E-state index in [1.165, 1.54) is 19.2 Å². The highest BCUT2D eigenvalue weighted by Gasteiger charge is 2.29. The topological polar surface area (TPSA) is 88.1 Å². The van der Waals surface area contributed by atoms with Crippen LogP contribution in [0.15, 0.2) is 82.8 Å². The summed E-state index contributed by atoms with van der Waals surface area (Å²) < 4.78 is 33.4. The number of nitrogens with zero attached hydrogens (tertiary/aromatic N) is 2. The molecule has 0 radical (unpaired) electrons. The molecular formula is C25H27N3O4S. The van der Waals surface area contributed by atoms with Crippen LogP contribution in [0.25, 0.3) is 0 Å². The van der Waals surface area contributed by atoms with Crippen molar-refractivity contribution < 1.29 is 17.9 Å². The molecular weight excluding hydrogens is 438 g/mol. The van der Waals surface area contributed by atoms with Gasteiger partial charge in [-0.25, -0.2) is 13.8 Å². The van der Waals surface area contributed by atoms with Gasteiger partial charge in [0.2, 0.25) is 0 Å². The Kier molecular flexibility index (Phi) is 7.50. The van der Waals surface area contributed by atoms with Gasteiger partial charge in [-0.3, -0.25) is 9.10 Å². The summed E-state index contributed by atoms with van der Waals surface area (Å²) in [5, 5.41) is 4.15. The van der Waals surface area contributed by atoms with Crippen LogP contribution in [0.2, 0.25) is 0 Å². The molecule has 0 heterocycles. The molecule has 0 aliphatic heterocycles. The molecule has 0 aliphatic carbocycles. The van der Waals surface area contributed by atoms with Crippen molar-refractivity contribution in [2.75, 3.05) is 18.0 Å². The minimum atomic E-state index is -4.05. The highest BCUT2D eigenvalue weighted by molar-refractivity contribution is 7.92. The highest BCUT2D eigenvalue weighted by Crippen LogP contribution is 2.33. The summed E-state index contributed by atoms with van der Waals surface area (Å²) in [6.45, 7) is 5.12. The molecule has 33 heavy (non-hydrogen) atoms. The fourth-order valence-corrected chi connectivity index (χ4v) is 4.63. The van der Waals surface area contributed by atoms with E-state index in [-0.39, 0.29) is 10.6 Å². The zero-order chi connectivity index (χ0) is 24.0. The minimum Gasteiger partial charge on any atom is -0.495 e. The number of aryl methyl sites for hydroxylation is 2. The zero-order valence-electron chi connectivity index (χ0n) is 19.1. The van der Waals surface area contributed by atoms with E-state index in [1.807, 2.05) is 44.2 Å². The van der Waals surface area contributed by atoms with Gasteiger partial charge in [-0.2, -0.15) is 5.10 Å². The normalized spacial score (nSPS) is 11.7. The Labute approximate surface area is 194 Å². The average molecular weight is 466 g/mol. The van der Waals surface area contributed by atoms with Gasteiger partial charge in [0, 0.05) is 0 Å². The summed E-state index contributed by atoms with van der Waals surface area (Å²) in [6.07, 6.45) is 0. The monoisotopic (exact) mass is 465 g/mol. The number of carbonyl (C=O) groups is 1. The number of sulfonamides is 1. The first-order valence-corrected chi connectivity index (χ1v) is 11.8. The maximum absolute atomic E-state index is 13.5. The molecule has 3 rings (SSSR count). The highest BCUT2D eigenvalue weighted by atomic mass is 32.2. The number of ether oxygens (including phenoxy) is 1. The third-order valence-corrected chi connectivity index (χ3v) is 6.81. The van der Waals surface area contributed by atoms with Crippen molar-refractivity contribution >= 4 is 27.3 Å². The van der Waals surface area contributed by atoms with E-state index in [4.69, 9.17) is 4.74 Å². The number of rotatable bonds is 8. The van der Waals surface area contributed by atoms with E-state index >= 15 is 0 Å². The van der Waals surface area contributed by atoms with Crippen LogP contribution in [-0.4, -0.2) is 33.7 Å². The molecule has 0 aromatic heterocycles. The van der Waals surface area contributed by atoms with Gasteiger partial charge in [0.15, 0.2) is 0 Å². The van der Waals surface area contributed by atoms with E-state index in [0.717, 1.165) is 21.0 Å². The van der Waals surface area contributed by atoms with Gasteiger partial charge in [-0.1, -0.05) is 54.1 Å². The Hall–Kier alpha value is -3.65. The quantitative estimate of drug-likeness (QED) is 0.402. The summed E-state index contributed by atoms with van der Waals surface area (Å²) >= 11 is 0. The molecule has 3 aromatic rings. The van der Waals surface area contributed by atoms with Gasteiger partial charge in [-0.05, 0) is 56.2 Å². The van der Waals surface area contributed by atoms with Crippen LogP contribution in [0.3, 0.4) is 0 Å². The van der Waals surface area contributed by atoms with Crippen LogP contribution in [0, 0.1) is 13.8 Å². The van der Waals surface area contributed by atoms with Crippen molar-refractivity contribution in [2.24, 2.45) is 5.10 Å². The first-order chi connectivity index (χ1) is 15.7. The Morgan fingerprint density at radius 2 is 1.61 bits per heavy atom. The van der Waals surface area contributed by atoms with Crippen LogP contribution in [0.5, 0.6) is 5.75 Å². The molecule has 1 N–H and O–H groups in total. The minimum absolute atomic E-state index is 0.0701. The second-order valence-corrected chi connectivity index (χ2v) is 9.46. The zero-order valence-corrected chi connectivity index (χ0v) is 19.9. The van der Waals surface area contributed by atoms with Crippen molar-refractivity contribution in [3.8, 4) is 5.75 Å². The van der Waals surface area contributed by atoms with E-state index in [0.29, 0.717) is 11.5 Å². The predicted molar refractivity (Wildman–Crippen MR) is 130 cm³/mol. The molecule has 172 valence electrons. The molecule has 1 amide bonds. The van der Waals surface area contributed by atoms with E-state index in [9.17, 15) is 13.2 Å². The van der Waals surface area contributed by atoms with Crippen LogP contribution >= 0.6 is 0 Å². The third-order valence-electron chi connectivity index (χ3n) is 5.04. The number of hydrazone groups is 1. The molecule has 0 unspecified atom stereocenters. The molecule has 0 saturated heterocycles. The van der Waals surface area contributed by atoms with Crippen molar-refractivity contribution in [2.45, 2.75) is 25.7 Å². The first-order valence-electron chi connectivity index (χ1n) is 10.3. The number of amides is 1. The first kappa shape index (κ1) is 24.0. The summed E-state index contributed by atoms with van der Waals surface area (Å²) in [5.41, 5.74) is 6.15. The molecule has 7 nitrogen and oxygen atoms in total. The van der Waals surface area contributed by atoms with Gasteiger partial charge in [-0.15, -0.1) is 0 Å². The standard InChI is InChI=1S/C25H27N3O4S/c1-18-10-13-21(14-11-18)20(3)26-27-25(29)17-28(23-16-19(2)12-15-24(23)32-4)33(30,31)22-8-6-5-7-9-22/h5-16H,17H2,1-4H3,(H,27,29)/b26-20-. The van der Waals surface area contributed by atoms with E-state index < -0.39 is 22.5 Å². The lowest BCUT2D eigenvalue weighted by atomic mass is 10.1. The van der Waals surface area contributed by atoms with Gasteiger partial charge >= 0.3 is 0 Å². The Balaban J connectivity index is 1.93. The van der Waals surface area contributed by atoms with Crippen LogP contribution in [-0.2, 0) is 14.8 Å². The smallest absolute Gasteiger partial charge is 0.264 e. The van der Waals surface area contributed by atoms with Crippen LogP contribution < -0.4 is 14.5 Å². The second-order valence-electron chi connectivity index (χ2n) is 7.60. The van der Waals surface area contributed by atoms with Gasteiger partial charge in [0.05, 0.1) is 23.4 Å². The number of nitrogens with one attached hydrogen (secondary N) is 1. The number of methoxy groups -OCH3 is 1. The molecule has 0 atom stereocenters. The maximum atomic E-state index is 13.5. The van der Waals surface area contributed by atoms with Crippen molar-refractivity contribution in [1.82, 2.24) is 5.43 Å². The lowest BCUT2D eigenvalue weighted by molar-refractivity contribution is -0.119. The van der Waals surface area contributed by atoms with Crippen molar-refractivity contribution in [1.29, 1.82) is 0 Å². The van der Waals surface area contributed by atoms with Crippen LogP contribution in [0.4, 0.5) is 5.69 Å². The average Bonchev–Trinajstić information content (AvgIpc) is 2.82. The summed E-state index contributed by atoms with van der Waals surface area (Å²) in [4.78, 5) is 12.9. The predicted octanol–water partition coefficient (Wildman–Crippen LogP) is 4.05. The number of benzene rings is 3. The van der Waals surface area contributed by atoms with E-state index in [1.54, 1.807) is 37.3 Å². The molecule has 0 saturated carbocycles. The summed E-state index contributed by atoms with van der Waals surface area (Å²) in [6, 6.07) is 20.9. The van der Waals surface area contributed by atoms with Gasteiger partial charge < -0.3 is 4.74 Å². The van der Waals surface area contributed by atoms with Crippen LogP contribution in [0.1, 0.15) is 23.6 Å². The Bertz CT molecular complexity index is 1250. The summed E-state index contributed by atoms with van der Waals surface area (Å²) in [7, 11) is -2.59. The van der Waals surface area contributed by atoms with Crippen molar-refractivity contribution in [3.63, 3.8) is 0 Å². The summed E-state index contributed by atoms with van der Waals surface area (Å²) in [5.74, 6) is -0.239. The molecule has 0 fully saturated rings. The number of anilines is 1. The molecule has 0 bridgehead atoms. The number of carbonyl (C=O) groups excluding carboxylic acids is 1. The Morgan fingerprint density at radius 3 is 2.24 bits per heavy atom. The third kappa shape index (κ3) is 5.78. The second kappa shape index (κ2) is 10.3.